The molecule has 138 valence electrons. The molecule has 0 aliphatic carbocycles. The van der Waals surface area contributed by atoms with Gasteiger partial charge in [0.25, 0.3) is 11.8 Å². The molecule has 0 atom stereocenters. The molecular formula is C19H16FN3O4. The van der Waals surface area contributed by atoms with Crippen molar-refractivity contribution in [2.24, 2.45) is 5.73 Å². The van der Waals surface area contributed by atoms with Gasteiger partial charge in [-0.1, -0.05) is 18.2 Å². The van der Waals surface area contributed by atoms with Crippen LogP contribution in [0.25, 0.3) is 6.08 Å². The molecule has 7 nitrogen and oxygen atoms in total. The number of carbonyl (C=O) groups excluding carboxylic acids is 2. The number of nitrogens with zero attached hydrogens (tertiary/aromatic N) is 1. The fourth-order valence-electron chi connectivity index (χ4n) is 2.11. The average Bonchev–Trinajstić information content (AvgIpc) is 2.66. The number of methoxy groups -OCH3 is 1. The normalized spacial score (nSPS) is 10.6. The van der Waals surface area contributed by atoms with E-state index in [1.54, 1.807) is 18.2 Å². The van der Waals surface area contributed by atoms with Gasteiger partial charge in [0.15, 0.2) is 18.1 Å². The predicted molar refractivity (Wildman–Crippen MR) is 96.3 cm³/mol. The van der Waals surface area contributed by atoms with E-state index in [2.05, 4.69) is 5.32 Å². The molecular weight excluding hydrogens is 353 g/mol. The van der Waals surface area contributed by atoms with Gasteiger partial charge in [-0.05, 0) is 35.9 Å². The number of rotatable bonds is 7. The smallest absolute Gasteiger partial charge is 0.266 e. The van der Waals surface area contributed by atoms with Crippen LogP contribution in [0.15, 0.2) is 48.0 Å². The van der Waals surface area contributed by atoms with Crippen molar-refractivity contribution in [3.8, 4) is 17.6 Å². The molecule has 0 radical (unpaired) electrons. The Kier molecular flexibility index (Phi) is 6.49. The van der Waals surface area contributed by atoms with Crippen LogP contribution in [-0.4, -0.2) is 25.5 Å². The number of primary amides is 1. The molecule has 27 heavy (non-hydrogen) atoms. The first kappa shape index (κ1) is 19.5. The van der Waals surface area contributed by atoms with E-state index in [0.29, 0.717) is 5.56 Å². The minimum Gasteiger partial charge on any atom is -0.493 e. The highest BCUT2D eigenvalue weighted by Crippen LogP contribution is 2.29. The summed E-state index contributed by atoms with van der Waals surface area (Å²) in [6.07, 6.45) is 1.32. The first-order valence-electron chi connectivity index (χ1n) is 7.71. The van der Waals surface area contributed by atoms with E-state index >= 15 is 0 Å². The van der Waals surface area contributed by atoms with Crippen LogP contribution in [0, 0.1) is 17.1 Å². The van der Waals surface area contributed by atoms with Gasteiger partial charge in [0.2, 0.25) is 0 Å². The summed E-state index contributed by atoms with van der Waals surface area (Å²) >= 11 is 0. The Morgan fingerprint density at radius 2 is 2.00 bits per heavy atom. The molecule has 0 aliphatic heterocycles. The lowest BCUT2D eigenvalue weighted by atomic mass is 10.1. The summed E-state index contributed by atoms with van der Waals surface area (Å²) in [7, 11) is 1.40. The number of benzene rings is 2. The van der Waals surface area contributed by atoms with E-state index in [4.69, 9.17) is 15.2 Å². The number of halogens is 1. The van der Waals surface area contributed by atoms with Crippen LogP contribution in [-0.2, 0) is 9.59 Å². The van der Waals surface area contributed by atoms with Crippen molar-refractivity contribution in [2.45, 2.75) is 0 Å². The summed E-state index contributed by atoms with van der Waals surface area (Å²) in [5, 5.41) is 11.6. The van der Waals surface area contributed by atoms with Crippen molar-refractivity contribution >= 4 is 23.6 Å². The van der Waals surface area contributed by atoms with Crippen LogP contribution in [0.5, 0.6) is 11.5 Å². The van der Waals surface area contributed by atoms with Crippen LogP contribution in [0.2, 0.25) is 0 Å². The minimum atomic E-state index is -0.754. The quantitative estimate of drug-likeness (QED) is 0.574. The zero-order chi connectivity index (χ0) is 19.8. The van der Waals surface area contributed by atoms with Crippen molar-refractivity contribution in [1.29, 1.82) is 5.26 Å². The van der Waals surface area contributed by atoms with Gasteiger partial charge in [0.05, 0.1) is 12.8 Å². The Balaban J connectivity index is 2.23. The number of para-hydroxylation sites is 1. The van der Waals surface area contributed by atoms with Crippen molar-refractivity contribution in [3.63, 3.8) is 0 Å². The lowest BCUT2D eigenvalue weighted by molar-refractivity contribution is -0.120. The van der Waals surface area contributed by atoms with Gasteiger partial charge in [-0.15, -0.1) is 0 Å². The number of anilines is 1. The zero-order valence-corrected chi connectivity index (χ0v) is 14.4. The van der Waals surface area contributed by atoms with E-state index in [1.165, 1.54) is 43.5 Å². The summed E-state index contributed by atoms with van der Waals surface area (Å²) in [5.41, 5.74) is 5.24. The van der Waals surface area contributed by atoms with Crippen molar-refractivity contribution < 1.29 is 23.5 Å². The molecule has 0 saturated carbocycles. The van der Waals surface area contributed by atoms with E-state index in [-0.39, 0.29) is 29.4 Å². The average molecular weight is 369 g/mol. The molecule has 3 N–H and O–H groups in total. The summed E-state index contributed by atoms with van der Waals surface area (Å²) in [5.74, 6) is -1.44. The third-order valence-electron chi connectivity index (χ3n) is 3.36. The number of ether oxygens (including phenoxy) is 2. The number of nitrogens with one attached hydrogen (secondary N) is 1. The van der Waals surface area contributed by atoms with E-state index in [9.17, 15) is 19.2 Å². The molecule has 0 fully saturated rings. The largest absolute Gasteiger partial charge is 0.493 e. The highest BCUT2D eigenvalue weighted by atomic mass is 19.1. The fourth-order valence-corrected chi connectivity index (χ4v) is 2.11. The third kappa shape index (κ3) is 5.31. The van der Waals surface area contributed by atoms with Crippen molar-refractivity contribution in [3.05, 3.63) is 59.4 Å². The first-order valence-corrected chi connectivity index (χ1v) is 7.71. The SMILES string of the molecule is COc1cc(/C=C(\C#N)C(=O)Nc2ccccc2F)ccc1OCC(N)=O. The van der Waals surface area contributed by atoms with Crippen LogP contribution < -0.4 is 20.5 Å². The summed E-state index contributed by atoms with van der Waals surface area (Å²) in [6.45, 7) is -0.319. The van der Waals surface area contributed by atoms with Crippen LogP contribution in [0.3, 0.4) is 0 Å². The number of hydrogen-bond acceptors (Lipinski definition) is 5. The molecule has 0 saturated heterocycles. The first-order chi connectivity index (χ1) is 12.9. The Labute approximate surface area is 154 Å². The molecule has 0 aliphatic rings. The van der Waals surface area contributed by atoms with Gasteiger partial charge in [-0.2, -0.15) is 5.26 Å². The van der Waals surface area contributed by atoms with E-state index in [1.807, 2.05) is 0 Å². The number of nitriles is 1. The molecule has 0 bridgehead atoms. The molecule has 0 spiro atoms. The van der Waals surface area contributed by atoms with Gasteiger partial charge in [0.1, 0.15) is 17.5 Å². The maximum Gasteiger partial charge on any atom is 0.266 e. The molecule has 0 unspecified atom stereocenters. The second-order valence-corrected chi connectivity index (χ2v) is 5.27. The number of carbonyl (C=O) groups is 2. The van der Waals surface area contributed by atoms with Gasteiger partial charge in [-0.25, -0.2) is 4.39 Å². The van der Waals surface area contributed by atoms with Gasteiger partial charge >= 0.3 is 0 Å². The number of amides is 2. The minimum absolute atomic E-state index is 0.0311. The number of nitrogens with two attached hydrogens (primary N) is 1. The van der Waals surface area contributed by atoms with Crippen molar-refractivity contribution in [1.82, 2.24) is 0 Å². The molecule has 2 amide bonds. The maximum absolute atomic E-state index is 13.6. The monoisotopic (exact) mass is 369 g/mol. The van der Waals surface area contributed by atoms with Gasteiger partial charge < -0.3 is 20.5 Å². The number of hydrogen-bond donors (Lipinski definition) is 2. The van der Waals surface area contributed by atoms with Crippen LogP contribution in [0.1, 0.15) is 5.56 Å². The fraction of sp³-hybridized carbons (Fsp3) is 0.105. The Hall–Kier alpha value is -3.86. The highest BCUT2D eigenvalue weighted by Gasteiger charge is 2.13. The van der Waals surface area contributed by atoms with Gasteiger partial charge in [0, 0.05) is 0 Å². The summed E-state index contributed by atoms with van der Waals surface area (Å²) in [6, 6.07) is 12.0. The maximum atomic E-state index is 13.6. The Morgan fingerprint density at radius 1 is 1.26 bits per heavy atom. The Bertz CT molecular complexity index is 935. The topological polar surface area (TPSA) is 114 Å². The molecule has 8 heteroatoms. The third-order valence-corrected chi connectivity index (χ3v) is 3.36. The summed E-state index contributed by atoms with van der Waals surface area (Å²) in [4.78, 5) is 23.0. The van der Waals surface area contributed by atoms with Gasteiger partial charge in [-0.3, -0.25) is 9.59 Å². The highest BCUT2D eigenvalue weighted by molar-refractivity contribution is 6.09. The standard InChI is InChI=1S/C19H16FN3O4/c1-26-17-9-12(6-7-16(17)27-11-18(22)24)8-13(10-21)19(25)23-15-5-3-2-4-14(15)20/h2-9H,11H2,1H3,(H2,22,24)(H,23,25)/b13-8+. The lowest BCUT2D eigenvalue weighted by Gasteiger charge is -2.10. The Morgan fingerprint density at radius 3 is 2.63 bits per heavy atom. The second-order valence-electron chi connectivity index (χ2n) is 5.27. The molecule has 2 aromatic carbocycles. The predicted octanol–water partition coefficient (Wildman–Crippen LogP) is 2.24. The lowest BCUT2D eigenvalue weighted by Crippen LogP contribution is -2.20. The molecule has 2 aromatic rings. The molecule has 0 heterocycles. The zero-order valence-electron chi connectivity index (χ0n) is 14.4. The summed E-state index contributed by atoms with van der Waals surface area (Å²) < 4.78 is 24.0. The second kappa shape index (κ2) is 9.01. The van der Waals surface area contributed by atoms with E-state index in [0.717, 1.165) is 0 Å². The van der Waals surface area contributed by atoms with Crippen LogP contribution in [0.4, 0.5) is 10.1 Å². The molecule has 2 rings (SSSR count). The van der Waals surface area contributed by atoms with E-state index < -0.39 is 17.6 Å². The van der Waals surface area contributed by atoms with Crippen LogP contribution >= 0.6 is 0 Å². The molecule has 0 aromatic heterocycles. The van der Waals surface area contributed by atoms with Crippen molar-refractivity contribution in [2.75, 3.05) is 19.0 Å².